The third-order valence-corrected chi connectivity index (χ3v) is 2.84. The summed E-state index contributed by atoms with van der Waals surface area (Å²) in [7, 11) is 1.65. The van der Waals surface area contributed by atoms with Crippen molar-refractivity contribution < 1.29 is 9.66 Å². The topological polar surface area (TPSA) is 57.3 Å². The Morgan fingerprint density at radius 2 is 2.24 bits per heavy atom. The van der Waals surface area contributed by atoms with Crippen LogP contribution < -0.4 is 0 Å². The summed E-state index contributed by atoms with van der Waals surface area (Å²) < 4.78 is 7.16. The zero-order chi connectivity index (χ0) is 12.4. The van der Waals surface area contributed by atoms with Crippen LogP contribution in [0.5, 0.6) is 0 Å². The molecule has 1 atom stereocenters. The van der Waals surface area contributed by atoms with E-state index >= 15 is 0 Å². The Kier molecular flexibility index (Phi) is 3.10. The smallest absolute Gasteiger partial charge is 0.278 e. The van der Waals surface area contributed by atoms with Gasteiger partial charge in [0.1, 0.15) is 0 Å². The first kappa shape index (κ1) is 11.6. The fourth-order valence-corrected chi connectivity index (χ4v) is 1.88. The van der Waals surface area contributed by atoms with Crippen molar-refractivity contribution in [1.29, 1.82) is 0 Å². The molecular weight excluding hydrogens is 220 g/mol. The molecule has 0 spiro atoms. The number of hydrogen-bond acceptors (Lipinski definition) is 3. The minimum atomic E-state index is -0.355. The molecule has 0 radical (unpaired) electrons. The molecule has 1 unspecified atom stereocenters. The van der Waals surface area contributed by atoms with Crippen molar-refractivity contribution in [2.75, 3.05) is 7.11 Å². The standard InChI is InChI=1S/C12H14N2O3/c1-9(17-2)8-13-7-6-10-11(13)4-3-5-12(10)14(15)16/h3-7,9H,8H2,1-2H3. The number of nitro groups is 1. The van der Waals surface area contributed by atoms with Crippen molar-refractivity contribution in [2.24, 2.45) is 0 Å². The zero-order valence-corrected chi connectivity index (χ0v) is 9.79. The lowest BCUT2D eigenvalue weighted by molar-refractivity contribution is -0.383. The number of nitro benzene ring substituents is 1. The van der Waals surface area contributed by atoms with E-state index in [0.717, 1.165) is 5.52 Å². The monoisotopic (exact) mass is 234 g/mol. The van der Waals surface area contributed by atoms with Gasteiger partial charge in [0, 0.05) is 25.9 Å². The molecule has 0 bridgehead atoms. The molecule has 0 aliphatic carbocycles. The Balaban J connectivity index is 2.47. The van der Waals surface area contributed by atoms with E-state index in [1.165, 1.54) is 6.07 Å². The lowest BCUT2D eigenvalue weighted by atomic mass is 10.2. The minimum Gasteiger partial charge on any atom is -0.380 e. The third-order valence-electron chi connectivity index (χ3n) is 2.84. The molecular formula is C12H14N2O3. The van der Waals surface area contributed by atoms with Gasteiger partial charge < -0.3 is 9.30 Å². The van der Waals surface area contributed by atoms with Crippen LogP contribution >= 0.6 is 0 Å². The maximum atomic E-state index is 10.9. The van der Waals surface area contributed by atoms with Crippen molar-refractivity contribution in [2.45, 2.75) is 19.6 Å². The molecule has 0 fully saturated rings. The van der Waals surface area contributed by atoms with Gasteiger partial charge >= 0.3 is 0 Å². The van der Waals surface area contributed by atoms with E-state index in [1.54, 1.807) is 19.2 Å². The molecule has 0 aliphatic rings. The van der Waals surface area contributed by atoms with Crippen LogP contribution in [0, 0.1) is 10.1 Å². The van der Waals surface area contributed by atoms with Crippen molar-refractivity contribution in [3.05, 3.63) is 40.6 Å². The van der Waals surface area contributed by atoms with Gasteiger partial charge in [-0.15, -0.1) is 0 Å². The lowest BCUT2D eigenvalue weighted by Crippen LogP contribution is -2.13. The van der Waals surface area contributed by atoms with Gasteiger partial charge in [0.25, 0.3) is 5.69 Å². The van der Waals surface area contributed by atoms with Crippen LogP contribution in [-0.4, -0.2) is 22.7 Å². The van der Waals surface area contributed by atoms with Crippen LogP contribution in [0.15, 0.2) is 30.5 Å². The van der Waals surface area contributed by atoms with Gasteiger partial charge in [0.15, 0.2) is 0 Å². The van der Waals surface area contributed by atoms with Crippen LogP contribution in [-0.2, 0) is 11.3 Å². The molecule has 1 aromatic carbocycles. The number of aromatic nitrogens is 1. The second-order valence-corrected chi connectivity index (χ2v) is 3.98. The summed E-state index contributed by atoms with van der Waals surface area (Å²) in [5.41, 5.74) is 1.01. The molecule has 0 amide bonds. The summed E-state index contributed by atoms with van der Waals surface area (Å²) in [4.78, 5) is 10.5. The number of nitrogens with zero attached hydrogens (tertiary/aromatic N) is 2. The largest absolute Gasteiger partial charge is 0.380 e. The van der Waals surface area contributed by atoms with Crippen LogP contribution in [0.4, 0.5) is 5.69 Å². The molecule has 2 rings (SSSR count). The average molecular weight is 234 g/mol. The van der Waals surface area contributed by atoms with E-state index in [2.05, 4.69) is 0 Å². The highest BCUT2D eigenvalue weighted by Crippen LogP contribution is 2.26. The first-order valence-electron chi connectivity index (χ1n) is 5.38. The van der Waals surface area contributed by atoms with Gasteiger partial charge in [-0.25, -0.2) is 0 Å². The summed E-state index contributed by atoms with van der Waals surface area (Å²) in [5.74, 6) is 0. The van der Waals surface area contributed by atoms with E-state index in [4.69, 9.17) is 4.74 Å². The molecule has 90 valence electrons. The molecule has 2 aromatic rings. The Morgan fingerprint density at radius 3 is 2.88 bits per heavy atom. The van der Waals surface area contributed by atoms with Gasteiger partial charge in [-0.3, -0.25) is 10.1 Å². The van der Waals surface area contributed by atoms with Crippen molar-refractivity contribution in [1.82, 2.24) is 4.57 Å². The van der Waals surface area contributed by atoms with Crippen molar-refractivity contribution in [3.63, 3.8) is 0 Å². The van der Waals surface area contributed by atoms with Gasteiger partial charge in [0.2, 0.25) is 0 Å². The normalized spacial score (nSPS) is 12.8. The molecule has 5 nitrogen and oxygen atoms in total. The summed E-state index contributed by atoms with van der Waals surface area (Å²) in [6.45, 7) is 2.64. The number of hydrogen-bond donors (Lipinski definition) is 0. The number of ether oxygens (including phenoxy) is 1. The highest BCUT2D eigenvalue weighted by molar-refractivity contribution is 5.89. The van der Waals surface area contributed by atoms with Gasteiger partial charge in [0.05, 0.1) is 21.9 Å². The summed E-state index contributed by atoms with van der Waals surface area (Å²) in [6.07, 6.45) is 1.93. The van der Waals surface area contributed by atoms with Gasteiger partial charge in [-0.1, -0.05) is 6.07 Å². The highest BCUT2D eigenvalue weighted by Gasteiger charge is 2.14. The number of fused-ring (bicyclic) bond motifs is 1. The highest BCUT2D eigenvalue weighted by atomic mass is 16.6. The second kappa shape index (κ2) is 4.55. The lowest BCUT2D eigenvalue weighted by Gasteiger charge is -2.11. The number of non-ortho nitro benzene ring substituents is 1. The van der Waals surface area contributed by atoms with Gasteiger partial charge in [-0.05, 0) is 19.1 Å². The summed E-state index contributed by atoms with van der Waals surface area (Å²) in [6, 6.07) is 6.88. The third kappa shape index (κ3) is 2.14. The molecule has 0 aliphatic heterocycles. The quantitative estimate of drug-likeness (QED) is 0.603. The maximum absolute atomic E-state index is 10.9. The fourth-order valence-electron chi connectivity index (χ4n) is 1.88. The van der Waals surface area contributed by atoms with E-state index in [1.807, 2.05) is 23.8 Å². The number of benzene rings is 1. The van der Waals surface area contributed by atoms with Crippen LogP contribution in [0.2, 0.25) is 0 Å². The van der Waals surface area contributed by atoms with Crippen LogP contribution in [0.25, 0.3) is 10.9 Å². The average Bonchev–Trinajstić information content (AvgIpc) is 2.72. The Labute approximate surface area is 98.8 Å². The predicted molar refractivity (Wildman–Crippen MR) is 65.1 cm³/mol. The summed E-state index contributed by atoms with van der Waals surface area (Å²) in [5, 5.41) is 11.5. The summed E-state index contributed by atoms with van der Waals surface area (Å²) >= 11 is 0. The Morgan fingerprint density at radius 1 is 1.47 bits per heavy atom. The predicted octanol–water partition coefficient (Wildman–Crippen LogP) is 2.58. The fraction of sp³-hybridized carbons (Fsp3) is 0.333. The van der Waals surface area contributed by atoms with Crippen molar-refractivity contribution >= 4 is 16.6 Å². The second-order valence-electron chi connectivity index (χ2n) is 3.98. The van der Waals surface area contributed by atoms with E-state index in [-0.39, 0.29) is 16.7 Å². The van der Waals surface area contributed by atoms with Crippen molar-refractivity contribution in [3.8, 4) is 0 Å². The molecule has 1 heterocycles. The molecule has 1 aromatic heterocycles. The SMILES string of the molecule is COC(C)Cn1ccc2c([N+](=O)[O-])cccc21. The van der Waals surface area contributed by atoms with E-state index in [9.17, 15) is 10.1 Å². The molecule has 0 N–H and O–H groups in total. The zero-order valence-electron chi connectivity index (χ0n) is 9.79. The molecule has 17 heavy (non-hydrogen) atoms. The molecule has 5 heteroatoms. The molecule has 0 saturated carbocycles. The maximum Gasteiger partial charge on any atom is 0.278 e. The first-order valence-corrected chi connectivity index (χ1v) is 5.38. The Bertz CT molecular complexity index is 548. The molecule has 0 saturated heterocycles. The number of rotatable bonds is 4. The number of methoxy groups -OCH3 is 1. The first-order chi connectivity index (χ1) is 8.13. The van der Waals surface area contributed by atoms with Crippen LogP contribution in [0.3, 0.4) is 0 Å². The van der Waals surface area contributed by atoms with E-state index < -0.39 is 0 Å². The van der Waals surface area contributed by atoms with Crippen LogP contribution in [0.1, 0.15) is 6.92 Å². The van der Waals surface area contributed by atoms with Gasteiger partial charge in [-0.2, -0.15) is 0 Å². The minimum absolute atomic E-state index is 0.0739. The Hall–Kier alpha value is -1.88. The van der Waals surface area contributed by atoms with E-state index in [0.29, 0.717) is 11.9 Å².